The third-order valence-corrected chi connectivity index (χ3v) is 10.3. The minimum absolute atomic E-state index is 0.550. The molecule has 6 nitrogen and oxygen atoms in total. The van der Waals surface area contributed by atoms with Crippen molar-refractivity contribution in [3.05, 3.63) is 170 Å². The van der Waals surface area contributed by atoms with Gasteiger partial charge in [-0.15, -0.1) is 0 Å². The van der Waals surface area contributed by atoms with Crippen molar-refractivity contribution in [1.82, 2.24) is 19.9 Å². The van der Waals surface area contributed by atoms with Crippen LogP contribution >= 0.6 is 0 Å². The predicted molar refractivity (Wildman–Crippen MR) is 217 cm³/mol. The van der Waals surface area contributed by atoms with E-state index in [-0.39, 0.29) is 0 Å². The molecule has 0 aliphatic heterocycles. The number of nitrogens with zero attached hydrogens (tertiary/aromatic N) is 4. The van der Waals surface area contributed by atoms with Crippen molar-refractivity contribution in [2.45, 2.75) is 0 Å². The summed E-state index contributed by atoms with van der Waals surface area (Å²) in [5, 5.41) is 6.46. The van der Waals surface area contributed by atoms with Gasteiger partial charge in [0.15, 0.2) is 17.5 Å². The number of pyridine rings is 1. The average molecular weight is 693 g/mol. The monoisotopic (exact) mass is 692 g/mol. The van der Waals surface area contributed by atoms with Crippen molar-refractivity contribution in [2.24, 2.45) is 0 Å². The molecule has 0 unspecified atom stereocenters. The maximum Gasteiger partial charge on any atom is 0.228 e. The Kier molecular flexibility index (Phi) is 6.75. The van der Waals surface area contributed by atoms with Gasteiger partial charge >= 0.3 is 0 Å². The Hall–Kier alpha value is -7.44. The van der Waals surface area contributed by atoms with Crippen molar-refractivity contribution >= 4 is 54.8 Å². The Morgan fingerprint density at radius 3 is 1.63 bits per heavy atom. The molecule has 54 heavy (non-hydrogen) atoms. The molecule has 0 spiro atoms. The molecule has 0 aliphatic rings. The van der Waals surface area contributed by atoms with Gasteiger partial charge < -0.3 is 8.83 Å². The van der Waals surface area contributed by atoms with Gasteiger partial charge in [0.1, 0.15) is 16.7 Å². The standard InChI is InChI=1S/C48H28N4O2/c1-2-11-30(12-3-1)45-50-46(52-47(51-45)39-27-28-49-48-44(39)38-14-5-7-21-41(38)54-48)31-25-23-29(24-26-31)32-15-8-17-34-33(32)16-9-18-35(34)36-19-10-22-42-43(36)37-13-4-6-20-40(37)53-42/h1-28H. The average Bonchev–Trinajstić information content (AvgIpc) is 3.82. The molecule has 252 valence electrons. The minimum Gasteiger partial charge on any atom is -0.456 e. The van der Waals surface area contributed by atoms with Crippen LogP contribution in [0.15, 0.2) is 179 Å². The first kappa shape index (κ1) is 30.2. The van der Waals surface area contributed by atoms with Gasteiger partial charge in [-0.25, -0.2) is 19.9 Å². The summed E-state index contributed by atoms with van der Waals surface area (Å²) in [6.07, 6.45) is 1.74. The first-order valence-electron chi connectivity index (χ1n) is 17.9. The van der Waals surface area contributed by atoms with Crippen molar-refractivity contribution in [3.63, 3.8) is 0 Å². The van der Waals surface area contributed by atoms with Crippen LogP contribution in [0.25, 0.3) is 111 Å². The molecule has 0 amide bonds. The summed E-state index contributed by atoms with van der Waals surface area (Å²) in [5.41, 5.74) is 10.3. The number of para-hydroxylation sites is 2. The highest BCUT2D eigenvalue weighted by Crippen LogP contribution is 2.41. The van der Waals surface area contributed by atoms with Crippen LogP contribution in [0.5, 0.6) is 0 Å². The Morgan fingerprint density at radius 2 is 0.852 bits per heavy atom. The second-order valence-corrected chi connectivity index (χ2v) is 13.4. The van der Waals surface area contributed by atoms with E-state index in [0.717, 1.165) is 71.7 Å². The minimum atomic E-state index is 0.550. The van der Waals surface area contributed by atoms with Gasteiger partial charge in [-0.2, -0.15) is 0 Å². The normalized spacial score (nSPS) is 11.7. The predicted octanol–water partition coefficient (Wildman–Crippen LogP) is 12.6. The first-order chi connectivity index (χ1) is 26.8. The lowest BCUT2D eigenvalue weighted by atomic mass is 9.91. The Bertz CT molecular complexity index is 3220. The maximum atomic E-state index is 6.24. The van der Waals surface area contributed by atoms with Crippen LogP contribution in [0, 0.1) is 0 Å². The molecule has 7 aromatic carbocycles. The molecule has 4 heterocycles. The fourth-order valence-corrected chi connectivity index (χ4v) is 7.77. The zero-order valence-electron chi connectivity index (χ0n) is 28.8. The van der Waals surface area contributed by atoms with Crippen LogP contribution < -0.4 is 0 Å². The van der Waals surface area contributed by atoms with Gasteiger partial charge in [0.25, 0.3) is 0 Å². The molecule has 11 rings (SSSR count). The lowest BCUT2D eigenvalue weighted by Crippen LogP contribution is -2.00. The Morgan fingerprint density at radius 1 is 0.315 bits per heavy atom. The summed E-state index contributed by atoms with van der Waals surface area (Å²) >= 11 is 0. The zero-order chi connectivity index (χ0) is 35.6. The molecule has 0 aliphatic carbocycles. The largest absolute Gasteiger partial charge is 0.456 e. The number of hydrogen-bond donors (Lipinski definition) is 0. The SMILES string of the molecule is c1ccc(-c2nc(-c3ccc(-c4cccc5c(-c6cccc7oc8ccccc8c67)cccc45)cc3)nc(-c3ccnc4oc5ccccc5c34)n2)cc1. The highest BCUT2D eigenvalue weighted by molar-refractivity contribution is 6.16. The lowest BCUT2D eigenvalue weighted by molar-refractivity contribution is 0.654. The summed E-state index contributed by atoms with van der Waals surface area (Å²) in [6.45, 7) is 0. The molecular formula is C48H28N4O2. The molecule has 0 atom stereocenters. The smallest absolute Gasteiger partial charge is 0.228 e. The van der Waals surface area contributed by atoms with Crippen LogP contribution in [0.1, 0.15) is 0 Å². The van der Waals surface area contributed by atoms with Gasteiger partial charge in [0.2, 0.25) is 5.71 Å². The summed E-state index contributed by atoms with van der Waals surface area (Å²) in [7, 11) is 0. The van der Waals surface area contributed by atoms with Crippen LogP contribution in [0.2, 0.25) is 0 Å². The lowest BCUT2D eigenvalue weighted by Gasteiger charge is -2.13. The third-order valence-electron chi connectivity index (χ3n) is 10.3. The van der Waals surface area contributed by atoms with Crippen LogP contribution in [0.3, 0.4) is 0 Å². The van der Waals surface area contributed by atoms with Crippen LogP contribution in [0.4, 0.5) is 0 Å². The number of rotatable bonds is 5. The molecule has 6 heteroatoms. The first-order valence-corrected chi connectivity index (χ1v) is 17.9. The second kappa shape index (κ2) is 12.1. The van der Waals surface area contributed by atoms with E-state index in [1.165, 1.54) is 16.3 Å². The molecule has 0 saturated carbocycles. The van der Waals surface area contributed by atoms with Crippen molar-refractivity contribution in [1.29, 1.82) is 0 Å². The van der Waals surface area contributed by atoms with Crippen LogP contribution in [-0.4, -0.2) is 19.9 Å². The molecular weight excluding hydrogens is 665 g/mol. The molecule has 0 bridgehead atoms. The van der Waals surface area contributed by atoms with E-state index >= 15 is 0 Å². The summed E-state index contributed by atoms with van der Waals surface area (Å²) in [6, 6.07) is 56.1. The number of furan rings is 2. The Balaban J connectivity index is 1.03. The van der Waals surface area contributed by atoms with Gasteiger partial charge in [0, 0.05) is 39.0 Å². The molecule has 0 saturated heterocycles. The summed E-state index contributed by atoms with van der Waals surface area (Å²) in [4.78, 5) is 19.6. The van der Waals surface area contributed by atoms with Gasteiger partial charge in [-0.05, 0) is 57.3 Å². The number of fused-ring (bicyclic) bond motifs is 7. The van der Waals surface area contributed by atoms with Crippen molar-refractivity contribution in [2.75, 3.05) is 0 Å². The number of aromatic nitrogens is 4. The molecule has 11 aromatic rings. The van der Waals surface area contributed by atoms with Crippen molar-refractivity contribution < 1.29 is 8.83 Å². The van der Waals surface area contributed by atoms with Gasteiger partial charge in [-0.1, -0.05) is 140 Å². The number of benzene rings is 7. The van der Waals surface area contributed by atoms with E-state index in [2.05, 4.69) is 89.9 Å². The van der Waals surface area contributed by atoms with Gasteiger partial charge in [0.05, 0.1) is 5.39 Å². The van der Waals surface area contributed by atoms with Crippen LogP contribution in [-0.2, 0) is 0 Å². The summed E-state index contributed by atoms with van der Waals surface area (Å²) in [5.74, 6) is 1.74. The maximum absolute atomic E-state index is 6.24. The highest BCUT2D eigenvalue weighted by Gasteiger charge is 2.19. The highest BCUT2D eigenvalue weighted by atomic mass is 16.3. The van der Waals surface area contributed by atoms with E-state index in [1.54, 1.807) is 6.20 Å². The van der Waals surface area contributed by atoms with Gasteiger partial charge in [-0.3, -0.25) is 0 Å². The molecule has 0 fully saturated rings. The zero-order valence-corrected chi connectivity index (χ0v) is 28.8. The van der Waals surface area contributed by atoms with E-state index < -0.39 is 0 Å². The fourth-order valence-electron chi connectivity index (χ4n) is 7.77. The Labute approximate surface area is 309 Å². The summed E-state index contributed by atoms with van der Waals surface area (Å²) < 4.78 is 12.4. The van der Waals surface area contributed by atoms with E-state index in [1.807, 2.05) is 78.9 Å². The van der Waals surface area contributed by atoms with E-state index in [9.17, 15) is 0 Å². The van der Waals surface area contributed by atoms with E-state index in [0.29, 0.717) is 23.2 Å². The molecule has 0 radical (unpaired) electrons. The molecule has 0 N–H and O–H groups in total. The quantitative estimate of drug-likeness (QED) is 0.179. The molecule has 4 aromatic heterocycles. The second-order valence-electron chi connectivity index (χ2n) is 13.4. The third kappa shape index (κ3) is 4.81. The van der Waals surface area contributed by atoms with E-state index in [4.69, 9.17) is 23.8 Å². The topological polar surface area (TPSA) is 77.8 Å². The fraction of sp³-hybridized carbons (Fsp3) is 0. The van der Waals surface area contributed by atoms with Crippen molar-refractivity contribution in [3.8, 4) is 56.4 Å². The number of hydrogen-bond acceptors (Lipinski definition) is 6.